The Kier molecular flexibility index (Phi) is 3.97. The number of benzene rings is 1. The number of allylic oxidation sites excluding steroid dienone is 1. The fourth-order valence-corrected chi connectivity index (χ4v) is 2.15. The summed E-state index contributed by atoms with van der Waals surface area (Å²) in [7, 11) is 0. The first-order chi connectivity index (χ1) is 8.25. The quantitative estimate of drug-likeness (QED) is 0.792. The molecule has 17 heavy (non-hydrogen) atoms. The van der Waals surface area contributed by atoms with Crippen LogP contribution in [-0.2, 0) is 0 Å². The maximum Gasteiger partial charge on any atom is 0.251 e. The molecule has 90 valence electrons. The summed E-state index contributed by atoms with van der Waals surface area (Å²) in [5.74, 6) is 0.0279. The Morgan fingerprint density at radius 2 is 2.24 bits per heavy atom. The molecule has 2 rings (SSSR count). The van der Waals surface area contributed by atoms with E-state index in [4.69, 9.17) is 0 Å². The van der Waals surface area contributed by atoms with Crippen molar-refractivity contribution in [2.45, 2.75) is 32.6 Å². The lowest BCUT2D eigenvalue weighted by Crippen LogP contribution is -2.26. The number of aryl methyl sites for hydroxylation is 1. The molecule has 0 radical (unpaired) electrons. The molecule has 0 atom stereocenters. The highest BCUT2D eigenvalue weighted by Crippen LogP contribution is 2.16. The molecular formula is C15H19NO. The summed E-state index contributed by atoms with van der Waals surface area (Å²) in [5.41, 5.74) is 3.24. The van der Waals surface area contributed by atoms with E-state index in [9.17, 15) is 4.79 Å². The maximum absolute atomic E-state index is 11.9. The molecule has 0 aromatic heterocycles. The van der Waals surface area contributed by atoms with Crippen molar-refractivity contribution in [2.75, 3.05) is 6.54 Å². The van der Waals surface area contributed by atoms with Gasteiger partial charge in [0.25, 0.3) is 5.91 Å². The molecule has 1 aromatic rings. The van der Waals surface area contributed by atoms with E-state index in [1.165, 1.54) is 18.4 Å². The van der Waals surface area contributed by atoms with Crippen molar-refractivity contribution in [3.8, 4) is 0 Å². The van der Waals surface area contributed by atoms with Gasteiger partial charge in [0.05, 0.1) is 0 Å². The van der Waals surface area contributed by atoms with Gasteiger partial charge in [-0.3, -0.25) is 4.79 Å². The van der Waals surface area contributed by atoms with Gasteiger partial charge >= 0.3 is 0 Å². The smallest absolute Gasteiger partial charge is 0.251 e. The van der Waals surface area contributed by atoms with E-state index < -0.39 is 0 Å². The number of hydrogen-bond acceptors (Lipinski definition) is 1. The van der Waals surface area contributed by atoms with Gasteiger partial charge in [-0.15, -0.1) is 0 Å². The largest absolute Gasteiger partial charge is 0.348 e. The average Bonchev–Trinajstić information content (AvgIpc) is 2.37. The van der Waals surface area contributed by atoms with Gasteiger partial charge in [0.15, 0.2) is 0 Å². The number of amides is 1. The standard InChI is InChI=1S/C15H19NO/c1-12-6-5-9-14(10-12)15(17)16-11-13-7-3-2-4-8-13/h5-7,9-10H,2-4,8,11H2,1H3,(H,16,17). The van der Waals surface area contributed by atoms with Gasteiger partial charge in [-0.25, -0.2) is 0 Å². The molecule has 0 spiro atoms. The molecule has 0 bridgehead atoms. The topological polar surface area (TPSA) is 29.1 Å². The summed E-state index contributed by atoms with van der Waals surface area (Å²) in [6.07, 6.45) is 7.10. The van der Waals surface area contributed by atoms with E-state index in [-0.39, 0.29) is 5.91 Å². The minimum Gasteiger partial charge on any atom is -0.348 e. The zero-order valence-corrected chi connectivity index (χ0v) is 10.3. The van der Waals surface area contributed by atoms with E-state index in [1.54, 1.807) is 0 Å². The lowest BCUT2D eigenvalue weighted by Gasteiger charge is -2.13. The summed E-state index contributed by atoms with van der Waals surface area (Å²) in [4.78, 5) is 11.9. The second-order valence-corrected chi connectivity index (χ2v) is 4.66. The van der Waals surface area contributed by atoms with Crippen LogP contribution in [0.3, 0.4) is 0 Å². The highest BCUT2D eigenvalue weighted by Gasteiger charge is 2.07. The van der Waals surface area contributed by atoms with Crippen molar-refractivity contribution in [1.29, 1.82) is 0 Å². The van der Waals surface area contributed by atoms with Crippen LogP contribution in [0, 0.1) is 6.92 Å². The monoisotopic (exact) mass is 229 g/mol. The predicted molar refractivity (Wildman–Crippen MR) is 70.1 cm³/mol. The third kappa shape index (κ3) is 3.45. The van der Waals surface area contributed by atoms with Crippen molar-refractivity contribution in [1.82, 2.24) is 5.32 Å². The Morgan fingerprint density at radius 3 is 2.94 bits per heavy atom. The molecule has 2 nitrogen and oxygen atoms in total. The Labute approximate surface area is 103 Å². The number of carbonyl (C=O) groups is 1. The van der Waals surface area contributed by atoms with Gasteiger partial charge < -0.3 is 5.32 Å². The molecule has 1 N–H and O–H groups in total. The molecule has 1 aliphatic carbocycles. The van der Waals surface area contributed by atoms with E-state index in [1.807, 2.05) is 31.2 Å². The van der Waals surface area contributed by atoms with Gasteiger partial charge in [-0.1, -0.05) is 29.3 Å². The summed E-state index contributed by atoms with van der Waals surface area (Å²) < 4.78 is 0. The Morgan fingerprint density at radius 1 is 1.35 bits per heavy atom. The van der Waals surface area contributed by atoms with E-state index in [2.05, 4.69) is 11.4 Å². The Balaban J connectivity index is 1.91. The third-order valence-electron chi connectivity index (χ3n) is 3.14. The molecule has 0 fully saturated rings. The molecule has 1 amide bonds. The zero-order chi connectivity index (χ0) is 12.1. The first kappa shape index (κ1) is 11.9. The fraction of sp³-hybridized carbons (Fsp3) is 0.400. The number of nitrogens with one attached hydrogen (secondary N) is 1. The van der Waals surface area contributed by atoms with Crippen LogP contribution in [0.5, 0.6) is 0 Å². The summed E-state index contributed by atoms with van der Waals surface area (Å²) in [6.45, 7) is 2.70. The minimum absolute atomic E-state index is 0.0279. The average molecular weight is 229 g/mol. The first-order valence-corrected chi connectivity index (χ1v) is 6.28. The zero-order valence-electron chi connectivity index (χ0n) is 10.3. The predicted octanol–water partition coefficient (Wildman–Crippen LogP) is 3.23. The highest BCUT2D eigenvalue weighted by atomic mass is 16.1. The molecule has 0 saturated heterocycles. The first-order valence-electron chi connectivity index (χ1n) is 6.28. The van der Waals surface area contributed by atoms with Crippen LogP contribution >= 0.6 is 0 Å². The van der Waals surface area contributed by atoms with Gasteiger partial charge in [0, 0.05) is 12.1 Å². The van der Waals surface area contributed by atoms with Crippen molar-refractivity contribution >= 4 is 5.91 Å². The maximum atomic E-state index is 11.9. The molecule has 0 unspecified atom stereocenters. The van der Waals surface area contributed by atoms with Crippen molar-refractivity contribution in [3.05, 3.63) is 47.0 Å². The van der Waals surface area contributed by atoms with Crippen LogP contribution in [0.4, 0.5) is 0 Å². The molecule has 2 heteroatoms. The number of rotatable bonds is 3. The lowest BCUT2D eigenvalue weighted by molar-refractivity contribution is 0.0956. The molecule has 0 heterocycles. The molecule has 1 aromatic carbocycles. The van der Waals surface area contributed by atoms with Gasteiger partial charge in [-0.2, -0.15) is 0 Å². The van der Waals surface area contributed by atoms with Crippen LogP contribution in [0.1, 0.15) is 41.6 Å². The van der Waals surface area contributed by atoms with Gasteiger partial charge in [0.2, 0.25) is 0 Å². The normalized spacial score (nSPS) is 15.2. The van der Waals surface area contributed by atoms with Gasteiger partial charge in [-0.05, 0) is 44.7 Å². The van der Waals surface area contributed by atoms with Crippen LogP contribution in [0.2, 0.25) is 0 Å². The molecule has 0 saturated carbocycles. The lowest BCUT2D eigenvalue weighted by atomic mass is 9.99. The third-order valence-corrected chi connectivity index (χ3v) is 3.14. The second-order valence-electron chi connectivity index (χ2n) is 4.66. The number of carbonyl (C=O) groups excluding carboxylic acids is 1. The number of hydrogen-bond donors (Lipinski definition) is 1. The summed E-state index contributed by atoms with van der Waals surface area (Å²) in [5, 5.41) is 2.99. The molecular weight excluding hydrogens is 210 g/mol. The van der Waals surface area contributed by atoms with Crippen molar-refractivity contribution in [3.63, 3.8) is 0 Å². The van der Waals surface area contributed by atoms with Crippen LogP contribution in [-0.4, -0.2) is 12.5 Å². The fourth-order valence-electron chi connectivity index (χ4n) is 2.15. The highest BCUT2D eigenvalue weighted by molar-refractivity contribution is 5.94. The van der Waals surface area contributed by atoms with Crippen LogP contribution in [0.15, 0.2) is 35.9 Å². The van der Waals surface area contributed by atoms with Crippen LogP contribution < -0.4 is 5.32 Å². The molecule has 1 aliphatic rings. The van der Waals surface area contributed by atoms with E-state index in [0.717, 1.165) is 24.0 Å². The van der Waals surface area contributed by atoms with E-state index in [0.29, 0.717) is 6.54 Å². The van der Waals surface area contributed by atoms with Crippen molar-refractivity contribution < 1.29 is 4.79 Å². The van der Waals surface area contributed by atoms with E-state index >= 15 is 0 Å². The molecule has 0 aliphatic heterocycles. The van der Waals surface area contributed by atoms with Gasteiger partial charge in [0.1, 0.15) is 0 Å². The summed E-state index contributed by atoms with van der Waals surface area (Å²) >= 11 is 0. The SMILES string of the molecule is Cc1cccc(C(=O)NCC2=CCCCC2)c1. The minimum atomic E-state index is 0.0279. The van der Waals surface area contributed by atoms with Crippen molar-refractivity contribution in [2.24, 2.45) is 0 Å². The Bertz CT molecular complexity index is 434. The van der Waals surface area contributed by atoms with Crippen LogP contribution in [0.25, 0.3) is 0 Å². The Hall–Kier alpha value is -1.57. The second kappa shape index (κ2) is 5.67. The summed E-state index contributed by atoms with van der Waals surface area (Å²) in [6, 6.07) is 7.70.